The number of nitrogens with zero attached hydrogens (tertiary/aromatic N) is 3. The van der Waals surface area contributed by atoms with Gasteiger partial charge in [-0.05, 0) is 61.2 Å². The summed E-state index contributed by atoms with van der Waals surface area (Å²) in [7, 11) is 1.57. The van der Waals surface area contributed by atoms with Gasteiger partial charge in [0.25, 0.3) is 11.5 Å². The Morgan fingerprint density at radius 1 is 0.978 bits per heavy atom. The van der Waals surface area contributed by atoms with Crippen LogP contribution in [0, 0.1) is 0 Å². The van der Waals surface area contributed by atoms with Crippen molar-refractivity contribution < 1.29 is 23.8 Å². The fraction of sp³-hybridized carbons (Fsp3) is 0.257. The lowest BCUT2D eigenvalue weighted by atomic mass is 9.93. The minimum absolute atomic E-state index is 0.00519. The van der Waals surface area contributed by atoms with Gasteiger partial charge in [-0.1, -0.05) is 65.9 Å². The second-order valence-electron chi connectivity index (χ2n) is 10.7. The molecule has 4 aromatic rings. The highest BCUT2D eigenvalue weighted by Gasteiger charge is 2.35. The van der Waals surface area contributed by atoms with Crippen molar-refractivity contribution in [1.29, 1.82) is 0 Å². The Bertz CT molecular complexity index is 1920. The average Bonchev–Trinajstić information content (AvgIpc) is 3.72. The maximum atomic E-state index is 14.1. The molecule has 0 unspecified atom stereocenters. The van der Waals surface area contributed by atoms with Gasteiger partial charge >= 0.3 is 5.97 Å². The maximum absolute atomic E-state index is 14.1. The fourth-order valence-corrected chi connectivity index (χ4v) is 6.58. The zero-order valence-corrected chi connectivity index (χ0v) is 25.9. The van der Waals surface area contributed by atoms with Crippen molar-refractivity contribution in [3.8, 4) is 11.5 Å². The minimum Gasteiger partial charge on any atom is -0.497 e. The van der Waals surface area contributed by atoms with E-state index >= 15 is 0 Å². The Kier molecular flexibility index (Phi) is 8.93. The van der Waals surface area contributed by atoms with Crippen LogP contribution in [0.4, 0.5) is 0 Å². The summed E-state index contributed by atoms with van der Waals surface area (Å²) in [5.41, 5.74) is 2.67. The molecule has 3 heterocycles. The molecule has 10 heteroatoms. The van der Waals surface area contributed by atoms with E-state index in [0.717, 1.165) is 37.1 Å². The van der Waals surface area contributed by atoms with Crippen molar-refractivity contribution in [1.82, 2.24) is 9.47 Å². The van der Waals surface area contributed by atoms with Crippen LogP contribution >= 0.6 is 11.3 Å². The Morgan fingerprint density at radius 3 is 2.44 bits per heavy atom. The third-order valence-corrected chi connectivity index (χ3v) is 8.77. The van der Waals surface area contributed by atoms with Gasteiger partial charge in [-0.3, -0.25) is 14.2 Å². The Hall–Kier alpha value is -4.96. The summed E-state index contributed by atoms with van der Waals surface area (Å²) in [5, 5.41) is 0. The highest BCUT2D eigenvalue weighted by molar-refractivity contribution is 7.07. The van der Waals surface area contributed by atoms with E-state index < -0.39 is 12.0 Å². The van der Waals surface area contributed by atoms with Gasteiger partial charge in [0.05, 0.1) is 35.6 Å². The number of carbonyl (C=O) groups excluding carboxylic acids is 2. The molecule has 230 valence electrons. The van der Waals surface area contributed by atoms with Gasteiger partial charge in [0, 0.05) is 18.7 Å². The summed E-state index contributed by atoms with van der Waals surface area (Å²) in [4.78, 5) is 47.2. The first-order valence-electron chi connectivity index (χ1n) is 14.9. The molecule has 1 atom stereocenters. The number of amides is 1. The number of esters is 1. The first-order chi connectivity index (χ1) is 22.0. The van der Waals surface area contributed by atoms with Crippen LogP contribution in [0.2, 0.25) is 0 Å². The molecule has 1 aromatic heterocycles. The van der Waals surface area contributed by atoms with Crippen molar-refractivity contribution in [2.45, 2.75) is 25.8 Å². The van der Waals surface area contributed by atoms with Crippen molar-refractivity contribution in [2.24, 2.45) is 4.99 Å². The van der Waals surface area contributed by atoms with E-state index in [1.54, 1.807) is 36.8 Å². The predicted octanol–water partition coefficient (Wildman–Crippen LogP) is 3.95. The van der Waals surface area contributed by atoms with Crippen LogP contribution in [0.1, 0.15) is 42.5 Å². The van der Waals surface area contributed by atoms with Crippen molar-refractivity contribution in [3.63, 3.8) is 0 Å². The number of thiazole rings is 1. The predicted molar refractivity (Wildman–Crippen MR) is 172 cm³/mol. The lowest BCUT2D eigenvalue weighted by Gasteiger charge is -2.26. The SMILES string of the molecule is CCOC(=O)C1=C(c2ccccc2)N=c2s/c(=C/c3ccc(OCC(=O)N4CCCC4)cc3)c(=O)n2[C@@H]1c1cccc(OC)c1. The van der Waals surface area contributed by atoms with E-state index in [9.17, 15) is 14.4 Å². The fourth-order valence-electron chi connectivity index (χ4n) is 5.58. The van der Waals surface area contributed by atoms with Gasteiger partial charge < -0.3 is 19.1 Å². The van der Waals surface area contributed by atoms with Crippen molar-refractivity contribution in [3.05, 3.63) is 121 Å². The highest BCUT2D eigenvalue weighted by atomic mass is 32.1. The Balaban J connectivity index is 1.42. The Morgan fingerprint density at radius 2 is 1.73 bits per heavy atom. The number of ether oxygens (including phenoxy) is 3. The van der Waals surface area contributed by atoms with E-state index in [0.29, 0.717) is 32.1 Å². The van der Waals surface area contributed by atoms with E-state index in [2.05, 4.69) is 0 Å². The lowest BCUT2D eigenvalue weighted by Crippen LogP contribution is -2.40. The van der Waals surface area contributed by atoms with Crippen molar-refractivity contribution in [2.75, 3.05) is 33.4 Å². The van der Waals surface area contributed by atoms with Gasteiger partial charge in [0.15, 0.2) is 11.4 Å². The first-order valence-corrected chi connectivity index (χ1v) is 15.7. The minimum atomic E-state index is -0.795. The molecule has 6 rings (SSSR count). The average molecular weight is 624 g/mol. The highest BCUT2D eigenvalue weighted by Crippen LogP contribution is 2.36. The summed E-state index contributed by atoms with van der Waals surface area (Å²) < 4.78 is 18.8. The molecule has 0 bridgehead atoms. The number of aromatic nitrogens is 1. The van der Waals surface area contributed by atoms with Gasteiger partial charge in [-0.2, -0.15) is 0 Å². The number of likely N-dealkylation sites (tertiary alicyclic amines) is 1. The molecule has 0 radical (unpaired) electrons. The van der Waals surface area contributed by atoms with Gasteiger partial charge in [-0.25, -0.2) is 9.79 Å². The molecule has 9 nitrogen and oxygen atoms in total. The molecule has 2 aliphatic heterocycles. The third-order valence-electron chi connectivity index (χ3n) is 7.78. The van der Waals surface area contributed by atoms with Gasteiger partial charge in [-0.15, -0.1) is 0 Å². The van der Waals surface area contributed by atoms with Crippen LogP contribution < -0.4 is 24.4 Å². The first kappa shape index (κ1) is 30.1. The van der Waals surface area contributed by atoms with Crippen LogP contribution in [0.3, 0.4) is 0 Å². The van der Waals surface area contributed by atoms with Gasteiger partial charge in [0.2, 0.25) is 0 Å². The van der Waals surface area contributed by atoms with Crippen LogP contribution in [0.15, 0.2) is 94.2 Å². The zero-order valence-electron chi connectivity index (χ0n) is 25.1. The van der Waals surface area contributed by atoms with Crippen molar-refractivity contribution >= 4 is 35.0 Å². The van der Waals surface area contributed by atoms with Gasteiger partial charge in [0.1, 0.15) is 11.5 Å². The zero-order chi connectivity index (χ0) is 31.3. The largest absolute Gasteiger partial charge is 0.497 e. The molecule has 0 saturated carbocycles. The molecule has 1 fully saturated rings. The van der Waals surface area contributed by atoms with Crippen LogP contribution in [0.5, 0.6) is 11.5 Å². The van der Waals surface area contributed by atoms with E-state index in [-0.39, 0.29) is 30.3 Å². The second kappa shape index (κ2) is 13.4. The number of carbonyl (C=O) groups is 2. The van der Waals surface area contributed by atoms with Crippen LogP contribution in [0.25, 0.3) is 11.8 Å². The quantitative estimate of drug-likeness (QED) is 0.262. The second-order valence-corrected chi connectivity index (χ2v) is 11.7. The number of fused-ring (bicyclic) bond motifs is 1. The summed E-state index contributed by atoms with van der Waals surface area (Å²) in [6.45, 7) is 3.48. The third kappa shape index (κ3) is 6.32. The summed E-state index contributed by atoms with van der Waals surface area (Å²) in [5.74, 6) is 0.618. The molecule has 0 N–H and O–H groups in total. The molecule has 1 amide bonds. The molecule has 3 aromatic carbocycles. The summed E-state index contributed by atoms with van der Waals surface area (Å²) >= 11 is 1.25. The van der Waals surface area contributed by atoms with E-state index in [4.69, 9.17) is 19.2 Å². The van der Waals surface area contributed by atoms with Crippen LogP contribution in [-0.2, 0) is 14.3 Å². The molecule has 0 spiro atoms. The molecular formula is C35H33N3O6S. The van der Waals surface area contributed by atoms with Crippen LogP contribution in [-0.4, -0.2) is 54.8 Å². The summed E-state index contributed by atoms with van der Waals surface area (Å²) in [6, 6.07) is 23.2. The van der Waals surface area contributed by atoms with E-state index in [1.807, 2.05) is 71.6 Å². The number of benzene rings is 3. The number of hydrogen-bond acceptors (Lipinski definition) is 8. The maximum Gasteiger partial charge on any atom is 0.338 e. The Labute approximate surface area is 264 Å². The summed E-state index contributed by atoms with van der Waals surface area (Å²) in [6.07, 6.45) is 3.86. The number of rotatable bonds is 9. The molecule has 0 aliphatic carbocycles. The normalized spacial score (nSPS) is 16.3. The standard InChI is InChI=1S/C35H33N3O6S/c1-3-43-34(41)30-31(24-10-5-4-6-11-24)36-35-38(32(30)25-12-9-13-27(21-25)42-2)33(40)28(45-35)20-23-14-16-26(17-15-23)44-22-29(39)37-18-7-8-19-37/h4-6,9-17,20-21,32H,3,7-8,18-19,22H2,1-2H3/b28-20+/t32-/m1/s1. The molecule has 45 heavy (non-hydrogen) atoms. The monoisotopic (exact) mass is 623 g/mol. The molecule has 2 aliphatic rings. The number of hydrogen-bond donors (Lipinski definition) is 0. The number of methoxy groups -OCH3 is 1. The smallest absolute Gasteiger partial charge is 0.338 e. The molecular weight excluding hydrogens is 590 g/mol. The topological polar surface area (TPSA) is 99.4 Å². The van der Waals surface area contributed by atoms with E-state index in [1.165, 1.54) is 11.3 Å². The molecule has 1 saturated heterocycles. The lowest BCUT2D eigenvalue weighted by molar-refractivity contribution is -0.139.